The highest BCUT2D eigenvalue weighted by atomic mass is 15.1. The molecule has 1 atom stereocenters. The van der Waals surface area contributed by atoms with Gasteiger partial charge in [-0.25, -0.2) is 9.97 Å². The van der Waals surface area contributed by atoms with Crippen LogP contribution >= 0.6 is 0 Å². The van der Waals surface area contributed by atoms with Crippen LogP contribution in [0.25, 0.3) is 0 Å². The Balaban J connectivity index is 2.07. The molecule has 0 bridgehead atoms. The summed E-state index contributed by atoms with van der Waals surface area (Å²) in [5.74, 6) is 1.89. The van der Waals surface area contributed by atoms with E-state index in [1.54, 1.807) is 6.20 Å². The first-order valence-corrected chi connectivity index (χ1v) is 6.40. The number of nitrogens with one attached hydrogen (secondary N) is 1. The lowest BCUT2D eigenvalue weighted by atomic mass is 9.93. The molecule has 0 amide bonds. The lowest BCUT2D eigenvalue weighted by molar-refractivity contribution is 0.471. The molecule has 2 rings (SSSR count). The Morgan fingerprint density at radius 3 is 2.89 bits per heavy atom. The van der Waals surface area contributed by atoms with Crippen LogP contribution < -0.4 is 5.73 Å². The van der Waals surface area contributed by atoms with Gasteiger partial charge in [-0.1, -0.05) is 13.8 Å². The number of nitrogens with zero attached hydrogens (tertiary/aromatic N) is 3. The Morgan fingerprint density at radius 2 is 2.28 bits per heavy atom. The zero-order valence-corrected chi connectivity index (χ0v) is 11.0. The number of imidazole rings is 2. The summed E-state index contributed by atoms with van der Waals surface area (Å²) in [6.07, 6.45) is 8.32. The zero-order valence-electron chi connectivity index (χ0n) is 11.0. The van der Waals surface area contributed by atoms with E-state index in [2.05, 4.69) is 33.4 Å². The van der Waals surface area contributed by atoms with Gasteiger partial charge in [-0.3, -0.25) is 0 Å². The number of aryl methyl sites for hydroxylation is 2. The lowest BCUT2D eigenvalue weighted by Gasteiger charge is -2.20. The van der Waals surface area contributed by atoms with E-state index in [1.807, 2.05) is 18.7 Å². The molecule has 0 saturated heterocycles. The Bertz CT molecular complexity index is 457. The van der Waals surface area contributed by atoms with Crippen LogP contribution in [0.1, 0.15) is 31.3 Å². The quantitative estimate of drug-likeness (QED) is 0.813. The van der Waals surface area contributed by atoms with Crippen LogP contribution in [0.5, 0.6) is 0 Å². The number of aromatic nitrogens is 4. The SMILES string of the molecule is CC(C)C(CN)c1cncn1CCc1ncc[nH]1. The van der Waals surface area contributed by atoms with Crippen molar-refractivity contribution in [1.82, 2.24) is 19.5 Å². The molecule has 98 valence electrons. The third-order valence-electron chi connectivity index (χ3n) is 3.33. The smallest absolute Gasteiger partial charge is 0.107 e. The average Bonchev–Trinajstić information content (AvgIpc) is 2.97. The standard InChI is InChI=1S/C13H21N5/c1-10(2)11(7-14)12-8-15-9-18(12)6-3-13-16-4-5-17-13/h4-5,8-11H,3,6-7,14H2,1-2H3,(H,16,17). The second-order valence-electron chi connectivity index (χ2n) is 4.88. The van der Waals surface area contributed by atoms with E-state index in [9.17, 15) is 0 Å². The fourth-order valence-corrected chi connectivity index (χ4v) is 2.22. The van der Waals surface area contributed by atoms with Crippen molar-refractivity contribution in [2.75, 3.05) is 6.54 Å². The van der Waals surface area contributed by atoms with Gasteiger partial charge in [0.05, 0.1) is 6.33 Å². The molecule has 5 heteroatoms. The van der Waals surface area contributed by atoms with E-state index < -0.39 is 0 Å². The van der Waals surface area contributed by atoms with Gasteiger partial charge in [-0.05, 0) is 5.92 Å². The van der Waals surface area contributed by atoms with Crippen molar-refractivity contribution in [2.24, 2.45) is 11.7 Å². The fourth-order valence-electron chi connectivity index (χ4n) is 2.22. The van der Waals surface area contributed by atoms with Crippen LogP contribution in [-0.2, 0) is 13.0 Å². The fraction of sp³-hybridized carbons (Fsp3) is 0.538. The van der Waals surface area contributed by atoms with Crippen LogP contribution in [0.15, 0.2) is 24.9 Å². The number of nitrogens with two attached hydrogens (primary N) is 1. The van der Waals surface area contributed by atoms with Gasteiger partial charge < -0.3 is 15.3 Å². The van der Waals surface area contributed by atoms with Gasteiger partial charge in [0.15, 0.2) is 0 Å². The van der Waals surface area contributed by atoms with Crippen molar-refractivity contribution in [3.63, 3.8) is 0 Å². The molecule has 5 nitrogen and oxygen atoms in total. The van der Waals surface area contributed by atoms with E-state index in [-0.39, 0.29) is 0 Å². The minimum atomic E-state index is 0.365. The molecule has 0 aliphatic carbocycles. The highest BCUT2D eigenvalue weighted by Crippen LogP contribution is 2.22. The Morgan fingerprint density at radius 1 is 1.44 bits per heavy atom. The molecule has 0 saturated carbocycles. The van der Waals surface area contributed by atoms with Gasteiger partial charge in [0.25, 0.3) is 0 Å². The van der Waals surface area contributed by atoms with Crippen molar-refractivity contribution in [1.29, 1.82) is 0 Å². The number of rotatable bonds is 6. The van der Waals surface area contributed by atoms with Crippen molar-refractivity contribution in [2.45, 2.75) is 32.7 Å². The molecule has 0 aliphatic heterocycles. The van der Waals surface area contributed by atoms with Crippen LogP contribution in [0, 0.1) is 5.92 Å². The molecule has 3 N–H and O–H groups in total. The molecule has 0 radical (unpaired) electrons. The highest BCUT2D eigenvalue weighted by molar-refractivity contribution is 5.08. The van der Waals surface area contributed by atoms with Crippen LogP contribution in [0.3, 0.4) is 0 Å². The maximum Gasteiger partial charge on any atom is 0.107 e. The molecular formula is C13H21N5. The number of hydrogen-bond acceptors (Lipinski definition) is 3. The van der Waals surface area contributed by atoms with Crippen molar-refractivity contribution < 1.29 is 0 Å². The van der Waals surface area contributed by atoms with Gasteiger partial charge in [-0.15, -0.1) is 0 Å². The van der Waals surface area contributed by atoms with E-state index in [4.69, 9.17) is 5.73 Å². The largest absolute Gasteiger partial charge is 0.349 e. The molecule has 0 aromatic carbocycles. The Kier molecular flexibility index (Phi) is 4.15. The molecule has 2 aromatic rings. The summed E-state index contributed by atoms with van der Waals surface area (Å²) in [4.78, 5) is 11.6. The first kappa shape index (κ1) is 12.8. The minimum absolute atomic E-state index is 0.365. The molecule has 2 heterocycles. The molecule has 0 aliphatic rings. The van der Waals surface area contributed by atoms with Gasteiger partial charge in [0.1, 0.15) is 5.82 Å². The monoisotopic (exact) mass is 247 g/mol. The summed E-state index contributed by atoms with van der Waals surface area (Å²) >= 11 is 0. The average molecular weight is 247 g/mol. The Hall–Kier alpha value is -1.62. The summed E-state index contributed by atoms with van der Waals surface area (Å²) in [6, 6.07) is 0. The predicted molar refractivity (Wildman–Crippen MR) is 71.2 cm³/mol. The molecule has 0 spiro atoms. The summed E-state index contributed by atoms with van der Waals surface area (Å²) in [6.45, 7) is 5.93. The summed E-state index contributed by atoms with van der Waals surface area (Å²) in [5.41, 5.74) is 7.09. The van der Waals surface area contributed by atoms with Crippen LogP contribution in [0.4, 0.5) is 0 Å². The van der Waals surface area contributed by atoms with E-state index >= 15 is 0 Å². The maximum absolute atomic E-state index is 5.86. The Labute approximate surface area is 107 Å². The first-order valence-electron chi connectivity index (χ1n) is 6.40. The van der Waals surface area contributed by atoms with E-state index in [0.717, 1.165) is 18.8 Å². The highest BCUT2D eigenvalue weighted by Gasteiger charge is 2.18. The van der Waals surface area contributed by atoms with Crippen LogP contribution in [0.2, 0.25) is 0 Å². The number of H-pyrrole nitrogens is 1. The normalized spacial score (nSPS) is 13.1. The third kappa shape index (κ3) is 2.79. The number of hydrogen-bond donors (Lipinski definition) is 2. The van der Waals surface area contributed by atoms with Gasteiger partial charge >= 0.3 is 0 Å². The topological polar surface area (TPSA) is 72.5 Å². The van der Waals surface area contributed by atoms with E-state index in [0.29, 0.717) is 18.4 Å². The lowest BCUT2D eigenvalue weighted by Crippen LogP contribution is -2.21. The second-order valence-corrected chi connectivity index (χ2v) is 4.88. The van der Waals surface area contributed by atoms with Crippen molar-refractivity contribution >= 4 is 0 Å². The van der Waals surface area contributed by atoms with E-state index in [1.165, 1.54) is 5.69 Å². The molecule has 0 fully saturated rings. The predicted octanol–water partition coefficient (Wildman–Crippen LogP) is 1.55. The van der Waals surface area contributed by atoms with Crippen molar-refractivity contribution in [3.05, 3.63) is 36.4 Å². The minimum Gasteiger partial charge on any atom is -0.349 e. The zero-order chi connectivity index (χ0) is 13.0. The van der Waals surface area contributed by atoms with Gasteiger partial charge in [0.2, 0.25) is 0 Å². The van der Waals surface area contributed by atoms with Gasteiger partial charge in [0, 0.05) is 49.7 Å². The second kappa shape index (κ2) is 5.82. The van der Waals surface area contributed by atoms with Gasteiger partial charge in [-0.2, -0.15) is 0 Å². The number of aromatic amines is 1. The summed E-state index contributed by atoms with van der Waals surface area (Å²) < 4.78 is 2.18. The first-order chi connectivity index (χ1) is 8.72. The molecular weight excluding hydrogens is 226 g/mol. The molecule has 1 unspecified atom stereocenters. The molecule has 2 aromatic heterocycles. The summed E-state index contributed by atoms with van der Waals surface area (Å²) in [5, 5.41) is 0. The maximum atomic E-state index is 5.86. The van der Waals surface area contributed by atoms with Crippen molar-refractivity contribution in [3.8, 4) is 0 Å². The molecule has 18 heavy (non-hydrogen) atoms. The van der Waals surface area contributed by atoms with Crippen LogP contribution in [-0.4, -0.2) is 26.1 Å². The summed E-state index contributed by atoms with van der Waals surface area (Å²) in [7, 11) is 0. The third-order valence-corrected chi connectivity index (χ3v) is 3.33.